The number of carbonyl (C=O) groups excluding carboxylic acids is 2. The van der Waals surface area contributed by atoms with Crippen LogP contribution in [0, 0.1) is 3.70 Å². The molecule has 0 atom stereocenters. The van der Waals surface area contributed by atoms with Crippen LogP contribution in [-0.2, 0) is 16.0 Å². The summed E-state index contributed by atoms with van der Waals surface area (Å²) in [5.74, 6) is 0.517. The Morgan fingerprint density at radius 2 is 1.33 bits per heavy atom. The van der Waals surface area contributed by atoms with E-state index in [0.29, 0.717) is 12.3 Å². The Morgan fingerprint density at radius 3 is 1.67 bits per heavy atom. The van der Waals surface area contributed by atoms with Crippen molar-refractivity contribution in [1.29, 1.82) is 0 Å². The molecule has 2 amide bonds. The number of rotatable bonds is 7. The van der Waals surface area contributed by atoms with Crippen molar-refractivity contribution in [3.05, 3.63) is 16.2 Å². The predicted octanol–water partition coefficient (Wildman–Crippen LogP) is 6.10. The van der Waals surface area contributed by atoms with Crippen LogP contribution in [0.25, 0.3) is 0 Å². The molecule has 0 aromatic carbocycles. The number of nitrogens with zero attached hydrogens (tertiary/aromatic N) is 2. The van der Waals surface area contributed by atoms with Crippen molar-refractivity contribution >= 4 is 46.4 Å². The molecule has 0 saturated carbocycles. The van der Waals surface area contributed by atoms with Gasteiger partial charge < -0.3 is 24.7 Å². The number of carbonyl (C=O) groups is 2. The highest BCUT2D eigenvalue weighted by Crippen LogP contribution is 2.14. The number of ether oxygens (including phenoxy) is 2. The summed E-state index contributed by atoms with van der Waals surface area (Å²) >= 11 is 7.78. The molecule has 1 heterocycles. The zero-order valence-electron chi connectivity index (χ0n) is 21.8. The van der Waals surface area contributed by atoms with Gasteiger partial charge in [0.2, 0.25) is 0 Å². The third-order valence-corrected chi connectivity index (χ3v) is 4.74. The second kappa shape index (κ2) is 13.0. The van der Waals surface area contributed by atoms with E-state index in [2.05, 4.69) is 38.2 Å². The summed E-state index contributed by atoms with van der Waals surface area (Å²) in [6, 6.07) is 0. The Hall–Kier alpha value is -1.23. The predicted molar refractivity (Wildman–Crippen MR) is 142 cm³/mol. The molecule has 0 radical (unpaired) electrons. The molecule has 192 valence electrons. The SMILES string of the molecule is CC(C)(CCCl)NC(=O)OC(C)(C)C.CC(C)(CCn1cnc(I)c1)NC(=O)OC(C)(C)C. The van der Waals surface area contributed by atoms with Crippen molar-refractivity contribution < 1.29 is 19.1 Å². The van der Waals surface area contributed by atoms with Crippen LogP contribution in [0.1, 0.15) is 82.1 Å². The van der Waals surface area contributed by atoms with Gasteiger partial charge in [0.15, 0.2) is 0 Å². The molecule has 8 nitrogen and oxygen atoms in total. The van der Waals surface area contributed by atoms with Gasteiger partial charge in [-0.1, -0.05) is 0 Å². The van der Waals surface area contributed by atoms with Gasteiger partial charge in [0, 0.05) is 29.7 Å². The van der Waals surface area contributed by atoms with Crippen LogP contribution in [0.15, 0.2) is 12.5 Å². The molecular weight excluding hydrogens is 559 g/mol. The Labute approximate surface area is 218 Å². The first-order valence-corrected chi connectivity index (χ1v) is 12.6. The molecule has 0 fully saturated rings. The second-order valence-corrected chi connectivity index (χ2v) is 12.6. The van der Waals surface area contributed by atoms with Crippen molar-refractivity contribution in [2.24, 2.45) is 0 Å². The molecule has 2 N–H and O–H groups in total. The number of alkyl carbamates (subject to hydrolysis) is 2. The van der Waals surface area contributed by atoms with Gasteiger partial charge in [0.25, 0.3) is 0 Å². The summed E-state index contributed by atoms with van der Waals surface area (Å²) in [6.45, 7) is 19.7. The van der Waals surface area contributed by atoms with Crippen LogP contribution in [0.5, 0.6) is 0 Å². The van der Waals surface area contributed by atoms with Crippen molar-refractivity contribution in [2.75, 3.05) is 5.88 Å². The first-order valence-electron chi connectivity index (χ1n) is 11.0. The summed E-state index contributed by atoms with van der Waals surface area (Å²) in [6.07, 6.45) is 4.52. The van der Waals surface area contributed by atoms with E-state index in [4.69, 9.17) is 21.1 Å². The highest BCUT2D eigenvalue weighted by atomic mass is 127. The van der Waals surface area contributed by atoms with E-state index in [1.54, 1.807) is 6.33 Å². The number of nitrogens with one attached hydrogen (secondary N) is 2. The molecular formula is C23H42ClIN4O4. The van der Waals surface area contributed by atoms with Gasteiger partial charge in [0.1, 0.15) is 14.9 Å². The quantitative estimate of drug-likeness (QED) is 0.291. The lowest BCUT2D eigenvalue weighted by molar-refractivity contribution is 0.0455. The summed E-state index contributed by atoms with van der Waals surface area (Å²) in [5.41, 5.74) is -1.57. The number of halogens is 2. The van der Waals surface area contributed by atoms with E-state index in [0.717, 1.165) is 16.7 Å². The average molecular weight is 601 g/mol. The molecule has 0 bridgehead atoms. The minimum atomic E-state index is -0.472. The lowest BCUT2D eigenvalue weighted by Gasteiger charge is -2.28. The van der Waals surface area contributed by atoms with E-state index in [1.807, 2.05) is 80.0 Å². The molecule has 0 saturated heterocycles. The zero-order valence-corrected chi connectivity index (χ0v) is 24.7. The number of imidazole rings is 1. The van der Waals surface area contributed by atoms with Gasteiger partial charge in [-0.25, -0.2) is 14.6 Å². The zero-order chi connectivity index (χ0) is 26.1. The van der Waals surface area contributed by atoms with Gasteiger partial charge in [-0.05, 0) is 105 Å². The molecule has 1 aromatic heterocycles. The second-order valence-electron chi connectivity index (χ2n) is 11.1. The minimum Gasteiger partial charge on any atom is -0.444 e. The van der Waals surface area contributed by atoms with E-state index < -0.39 is 17.3 Å². The average Bonchev–Trinajstić information content (AvgIpc) is 2.94. The van der Waals surface area contributed by atoms with Crippen molar-refractivity contribution in [2.45, 2.75) is 111 Å². The minimum absolute atomic E-state index is 0.315. The number of alkyl halides is 1. The molecule has 0 unspecified atom stereocenters. The lowest BCUT2D eigenvalue weighted by atomic mass is 10.0. The van der Waals surface area contributed by atoms with Crippen molar-refractivity contribution in [3.8, 4) is 0 Å². The monoisotopic (exact) mass is 600 g/mol. The van der Waals surface area contributed by atoms with Crippen LogP contribution < -0.4 is 10.6 Å². The number of hydrogen-bond donors (Lipinski definition) is 2. The number of aryl methyl sites for hydroxylation is 1. The van der Waals surface area contributed by atoms with E-state index >= 15 is 0 Å². The number of aromatic nitrogens is 2. The maximum Gasteiger partial charge on any atom is 0.408 e. The molecule has 0 aliphatic carbocycles. The first-order chi connectivity index (χ1) is 14.7. The smallest absolute Gasteiger partial charge is 0.408 e. The van der Waals surface area contributed by atoms with Crippen molar-refractivity contribution in [1.82, 2.24) is 20.2 Å². The Kier molecular flexibility index (Phi) is 12.5. The Bertz CT molecular complexity index is 752. The largest absolute Gasteiger partial charge is 0.444 e. The molecule has 0 aliphatic heterocycles. The van der Waals surface area contributed by atoms with Crippen LogP contribution in [0.3, 0.4) is 0 Å². The van der Waals surface area contributed by atoms with Crippen LogP contribution >= 0.6 is 34.2 Å². The normalized spacial score (nSPS) is 12.4. The maximum atomic E-state index is 11.7. The highest BCUT2D eigenvalue weighted by molar-refractivity contribution is 14.1. The first kappa shape index (κ1) is 31.8. The van der Waals surface area contributed by atoms with E-state index in [1.165, 1.54) is 0 Å². The molecule has 10 heteroatoms. The van der Waals surface area contributed by atoms with E-state index in [-0.39, 0.29) is 17.2 Å². The van der Waals surface area contributed by atoms with Gasteiger partial charge in [0.05, 0.1) is 6.33 Å². The Morgan fingerprint density at radius 1 is 0.909 bits per heavy atom. The topological polar surface area (TPSA) is 94.5 Å². The van der Waals surface area contributed by atoms with Crippen molar-refractivity contribution in [3.63, 3.8) is 0 Å². The van der Waals surface area contributed by atoms with Gasteiger partial charge in [-0.15, -0.1) is 11.6 Å². The van der Waals surface area contributed by atoms with Crippen LogP contribution in [-0.4, -0.2) is 49.9 Å². The van der Waals surface area contributed by atoms with Crippen LogP contribution in [0.2, 0.25) is 0 Å². The molecule has 0 spiro atoms. The standard InChI is InChI=1S/C13H22IN3O2.C10H20ClNO2/c1-12(2,3)19-11(18)16-13(4,5)6-7-17-8-10(14)15-9-17;1-9(2,3)14-8(13)12-10(4,5)6-7-11/h8-9H,6-7H2,1-5H3,(H,16,18);6-7H2,1-5H3,(H,12,13). The summed E-state index contributed by atoms with van der Waals surface area (Å²) in [7, 11) is 0. The summed E-state index contributed by atoms with van der Waals surface area (Å²) in [4.78, 5) is 27.3. The van der Waals surface area contributed by atoms with E-state index in [9.17, 15) is 9.59 Å². The third-order valence-electron chi connectivity index (χ3n) is 3.99. The fourth-order valence-electron chi connectivity index (χ4n) is 2.38. The van der Waals surface area contributed by atoms with Crippen LogP contribution in [0.4, 0.5) is 9.59 Å². The lowest BCUT2D eigenvalue weighted by Crippen LogP contribution is -2.46. The Balaban J connectivity index is 0.000000653. The summed E-state index contributed by atoms with van der Waals surface area (Å²) < 4.78 is 13.4. The molecule has 0 aliphatic rings. The number of amides is 2. The fraction of sp³-hybridized carbons (Fsp3) is 0.783. The highest BCUT2D eigenvalue weighted by Gasteiger charge is 2.25. The molecule has 1 rings (SSSR count). The summed E-state index contributed by atoms with van der Waals surface area (Å²) in [5, 5.41) is 5.66. The van der Waals surface area contributed by atoms with Gasteiger partial charge in [-0.3, -0.25) is 0 Å². The van der Waals surface area contributed by atoms with Gasteiger partial charge >= 0.3 is 12.2 Å². The maximum absolute atomic E-state index is 11.7. The van der Waals surface area contributed by atoms with Gasteiger partial charge in [-0.2, -0.15) is 0 Å². The molecule has 1 aromatic rings. The number of hydrogen-bond acceptors (Lipinski definition) is 5. The fourth-order valence-corrected chi connectivity index (χ4v) is 3.34. The third kappa shape index (κ3) is 17.9. The molecule has 33 heavy (non-hydrogen) atoms.